The molecule has 2 N–H and O–H groups in total. The molecule has 0 aliphatic carbocycles. The molecule has 0 saturated carbocycles. The minimum atomic E-state index is -3.75. The van der Waals surface area contributed by atoms with Crippen molar-refractivity contribution in [3.63, 3.8) is 0 Å². The molecule has 132 valence electrons. The molecular weight excluding hydrogens is 338 g/mol. The minimum absolute atomic E-state index is 0.147. The fourth-order valence-electron chi connectivity index (χ4n) is 2.70. The molecule has 1 heterocycles. The molecule has 6 nitrogen and oxygen atoms in total. The van der Waals surface area contributed by atoms with Gasteiger partial charge in [0.25, 0.3) is 10.0 Å². The van der Waals surface area contributed by atoms with Crippen molar-refractivity contribution in [2.75, 3.05) is 7.05 Å². The Morgan fingerprint density at radius 1 is 1.12 bits per heavy atom. The van der Waals surface area contributed by atoms with Crippen LogP contribution >= 0.6 is 0 Å². The molecule has 0 radical (unpaired) electrons. The second kappa shape index (κ2) is 6.85. The van der Waals surface area contributed by atoms with Gasteiger partial charge in [-0.05, 0) is 31.0 Å². The number of nitrogens with zero attached hydrogens (tertiary/aromatic N) is 2. The first kappa shape index (κ1) is 17.4. The van der Waals surface area contributed by atoms with Gasteiger partial charge in [-0.2, -0.15) is 0 Å². The number of nitrogens with one attached hydrogen (secondary N) is 1. The summed E-state index contributed by atoms with van der Waals surface area (Å²) in [6.45, 7) is 1.89. The maximum atomic E-state index is 12.5. The molecule has 25 heavy (non-hydrogen) atoms. The molecule has 0 bridgehead atoms. The molecule has 7 heteroatoms. The molecular formula is C18H21N3O3S. The van der Waals surface area contributed by atoms with Gasteiger partial charge in [-0.15, -0.1) is 0 Å². The van der Waals surface area contributed by atoms with E-state index in [0.29, 0.717) is 6.42 Å². The molecule has 2 aromatic rings. The lowest BCUT2D eigenvalue weighted by Gasteiger charge is -2.21. The molecule has 0 aromatic heterocycles. The summed E-state index contributed by atoms with van der Waals surface area (Å²) in [5, 5.41) is 10.4. The van der Waals surface area contributed by atoms with Crippen LogP contribution in [0.15, 0.2) is 64.5 Å². The van der Waals surface area contributed by atoms with E-state index in [1.807, 2.05) is 37.3 Å². The predicted octanol–water partition coefficient (Wildman–Crippen LogP) is 1.50. The first-order valence-corrected chi connectivity index (χ1v) is 9.47. The lowest BCUT2D eigenvalue weighted by atomic mass is 10.1. The Hall–Kier alpha value is -2.38. The number of aliphatic hydroxyl groups is 1. The Labute approximate surface area is 147 Å². The summed E-state index contributed by atoms with van der Waals surface area (Å²) in [6, 6.07) is 15.8. The number of rotatable bonds is 4. The van der Waals surface area contributed by atoms with E-state index in [0.717, 1.165) is 11.1 Å². The van der Waals surface area contributed by atoms with Gasteiger partial charge in [0, 0.05) is 7.05 Å². The topological polar surface area (TPSA) is 82.0 Å². The minimum Gasteiger partial charge on any atom is -0.371 e. The van der Waals surface area contributed by atoms with Crippen molar-refractivity contribution in [2.24, 2.45) is 4.99 Å². The van der Waals surface area contributed by atoms with Crippen LogP contribution in [0.25, 0.3) is 0 Å². The monoisotopic (exact) mass is 359 g/mol. The van der Waals surface area contributed by atoms with Crippen molar-refractivity contribution in [1.82, 2.24) is 9.62 Å². The van der Waals surface area contributed by atoms with E-state index in [2.05, 4.69) is 9.71 Å². The Morgan fingerprint density at radius 3 is 2.40 bits per heavy atom. The van der Waals surface area contributed by atoms with Crippen LogP contribution in [0.5, 0.6) is 0 Å². The smallest absolute Gasteiger partial charge is 0.264 e. The highest BCUT2D eigenvalue weighted by atomic mass is 32.2. The van der Waals surface area contributed by atoms with Gasteiger partial charge in [0.05, 0.1) is 4.90 Å². The number of hydrogen-bond acceptors (Lipinski definition) is 5. The van der Waals surface area contributed by atoms with E-state index in [1.165, 1.54) is 4.90 Å². The number of aryl methyl sites for hydroxylation is 1. The summed E-state index contributed by atoms with van der Waals surface area (Å²) in [6.07, 6.45) is -0.349. The van der Waals surface area contributed by atoms with E-state index in [1.54, 1.807) is 31.3 Å². The quantitative estimate of drug-likeness (QED) is 0.867. The number of hydrogen-bond donors (Lipinski definition) is 2. The molecule has 1 aliphatic rings. The number of guanidine groups is 1. The highest BCUT2D eigenvalue weighted by Gasteiger charge is 2.34. The van der Waals surface area contributed by atoms with Crippen LogP contribution < -0.4 is 4.72 Å². The highest BCUT2D eigenvalue weighted by molar-refractivity contribution is 7.90. The molecule has 3 rings (SSSR count). The number of benzene rings is 2. The average molecular weight is 359 g/mol. The van der Waals surface area contributed by atoms with Crippen LogP contribution in [0.4, 0.5) is 0 Å². The third-order valence-electron chi connectivity index (χ3n) is 4.21. The Morgan fingerprint density at radius 2 is 1.76 bits per heavy atom. The molecule has 0 saturated heterocycles. The van der Waals surface area contributed by atoms with Gasteiger partial charge < -0.3 is 10.0 Å². The third kappa shape index (κ3) is 3.83. The second-order valence-corrected chi connectivity index (χ2v) is 7.84. The molecule has 2 atom stereocenters. The Kier molecular flexibility index (Phi) is 4.78. The zero-order valence-corrected chi connectivity index (χ0v) is 14.9. The largest absolute Gasteiger partial charge is 0.371 e. The fourth-order valence-corrected chi connectivity index (χ4v) is 3.75. The van der Waals surface area contributed by atoms with Crippen LogP contribution in [-0.4, -0.2) is 43.7 Å². The van der Waals surface area contributed by atoms with E-state index in [4.69, 9.17) is 0 Å². The van der Waals surface area contributed by atoms with E-state index in [-0.39, 0.29) is 10.9 Å². The molecule has 1 aliphatic heterocycles. The van der Waals surface area contributed by atoms with Crippen molar-refractivity contribution >= 4 is 16.0 Å². The van der Waals surface area contributed by atoms with Gasteiger partial charge in [0.15, 0.2) is 6.23 Å². The number of aliphatic hydroxyl groups excluding tert-OH is 1. The molecule has 0 amide bonds. The summed E-state index contributed by atoms with van der Waals surface area (Å²) in [4.78, 5) is 5.98. The van der Waals surface area contributed by atoms with Gasteiger partial charge in [-0.1, -0.05) is 48.0 Å². The van der Waals surface area contributed by atoms with Gasteiger partial charge in [0.2, 0.25) is 5.96 Å². The molecule has 2 aromatic carbocycles. The lowest BCUT2D eigenvalue weighted by molar-refractivity contribution is 0.0614. The first-order valence-electron chi connectivity index (χ1n) is 7.99. The van der Waals surface area contributed by atoms with Crippen LogP contribution in [-0.2, 0) is 16.4 Å². The zero-order chi connectivity index (χ0) is 18.0. The lowest BCUT2D eigenvalue weighted by Crippen LogP contribution is -2.44. The second-order valence-electron chi connectivity index (χ2n) is 6.15. The predicted molar refractivity (Wildman–Crippen MR) is 96.6 cm³/mol. The Balaban J connectivity index is 1.79. The Bertz CT molecular complexity index is 864. The normalized spacial score (nSPS) is 20.4. The highest BCUT2D eigenvalue weighted by Crippen LogP contribution is 2.19. The summed E-state index contributed by atoms with van der Waals surface area (Å²) in [7, 11) is -2.13. The maximum absolute atomic E-state index is 12.5. The number of likely N-dealkylation sites (N-methyl/N-ethyl adjacent to an activating group) is 1. The van der Waals surface area contributed by atoms with Crippen LogP contribution in [0.1, 0.15) is 11.1 Å². The van der Waals surface area contributed by atoms with Crippen LogP contribution in [0.3, 0.4) is 0 Å². The van der Waals surface area contributed by atoms with Gasteiger partial charge in [-0.3, -0.25) is 0 Å². The third-order valence-corrected chi connectivity index (χ3v) is 5.55. The van der Waals surface area contributed by atoms with Crippen LogP contribution in [0.2, 0.25) is 0 Å². The van der Waals surface area contributed by atoms with E-state index >= 15 is 0 Å². The van der Waals surface area contributed by atoms with Crippen molar-refractivity contribution in [3.8, 4) is 0 Å². The van der Waals surface area contributed by atoms with Crippen molar-refractivity contribution in [1.29, 1.82) is 0 Å². The number of aliphatic imine (C=N–C) groups is 1. The average Bonchev–Trinajstić information content (AvgIpc) is 2.84. The van der Waals surface area contributed by atoms with Gasteiger partial charge in [0.1, 0.15) is 6.04 Å². The van der Waals surface area contributed by atoms with E-state index in [9.17, 15) is 13.5 Å². The fraction of sp³-hybridized carbons (Fsp3) is 0.278. The maximum Gasteiger partial charge on any atom is 0.264 e. The molecule has 2 unspecified atom stereocenters. The standard InChI is InChI=1S/C18H21N3O3S/c1-13-8-10-15(11-9-13)25(23,24)20-18-19-16(17(22)21(18)2)12-14-6-4-3-5-7-14/h3-11,16-17,22H,12H2,1-2H3,(H,19,20). The summed E-state index contributed by atoms with van der Waals surface area (Å²) < 4.78 is 27.5. The summed E-state index contributed by atoms with van der Waals surface area (Å²) in [5.41, 5.74) is 2.01. The van der Waals surface area contributed by atoms with Crippen molar-refractivity contribution in [3.05, 3.63) is 65.7 Å². The number of sulfonamides is 1. The van der Waals surface area contributed by atoms with E-state index < -0.39 is 22.3 Å². The first-order chi connectivity index (χ1) is 11.9. The van der Waals surface area contributed by atoms with Gasteiger partial charge >= 0.3 is 0 Å². The summed E-state index contributed by atoms with van der Waals surface area (Å²) in [5.74, 6) is 0.147. The molecule has 0 spiro atoms. The molecule has 0 fully saturated rings. The van der Waals surface area contributed by atoms with Crippen molar-refractivity contribution in [2.45, 2.75) is 30.5 Å². The zero-order valence-electron chi connectivity index (χ0n) is 14.1. The SMILES string of the molecule is Cc1ccc(S(=O)(=O)NC2=NC(Cc3ccccc3)C(O)N2C)cc1. The van der Waals surface area contributed by atoms with Crippen LogP contribution in [0, 0.1) is 6.92 Å². The summed E-state index contributed by atoms with van der Waals surface area (Å²) >= 11 is 0. The van der Waals surface area contributed by atoms with Gasteiger partial charge in [-0.25, -0.2) is 18.1 Å². The van der Waals surface area contributed by atoms with Crippen molar-refractivity contribution < 1.29 is 13.5 Å².